The maximum atomic E-state index is 11.2. The third-order valence-corrected chi connectivity index (χ3v) is 2.38. The number of rotatable bonds is 2. The Morgan fingerprint density at radius 2 is 2.46 bits per heavy atom. The van der Waals surface area contributed by atoms with Crippen molar-refractivity contribution in [1.29, 1.82) is 0 Å². The highest BCUT2D eigenvalue weighted by molar-refractivity contribution is 9.10. The fourth-order valence-electron chi connectivity index (χ4n) is 1.20. The maximum Gasteiger partial charge on any atom is 0.242 e. The smallest absolute Gasteiger partial charge is 0.242 e. The first-order valence-corrected chi connectivity index (χ1v) is 5.25. The summed E-state index contributed by atoms with van der Waals surface area (Å²) in [6.07, 6.45) is 1.66. The molecule has 1 rings (SSSR count). The van der Waals surface area contributed by atoms with Gasteiger partial charge in [-0.2, -0.15) is 0 Å². The quantitative estimate of drug-likeness (QED) is 0.685. The summed E-state index contributed by atoms with van der Waals surface area (Å²) in [5, 5.41) is 5.38. The minimum atomic E-state index is -0.346. The van der Waals surface area contributed by atoms with Crippen molar-refractivity contribution in [1.82, 2.24) is 10.6 Å². The topological polar surface area (TPSA) is 58.2 Å². The molecule has 13 heavy (non-hydrogen) atoms. The molecule has 0 aromatic heterocycles. The van der Waals surface area contributed by atoms with Crippen LogP contribution in [0.2, 0.25) is 0 Å². The summed E-state index contributed by atoms with van der Waals surface area (Å²) in [4.78, 5) is 22.2. The van der Waals surface area contributed by atoms with Gasteiger partial charge in [-0.25, -0.2) is 0 Å². The van der Waals surface area contributed by atoms with Crippen LogP contribution in [0.3, 0.4) is 0 Å². The van der Waals surface area contributed by atoms with Gasteiger partial charge in [0.05, 0.1) is 4.83 Å². The summed E-state index contributed by atoms with van der Waals surface area (Å²) in [5.74, 6) is -0.213. The van der Waals surface area contributed by atoms with E-state index in [9.17, 15) is 9.59 Å². The normalized spacial score (nSPS) is 24.8. The van der Waals surface area contributed by atoms with E-state index >= 15 is 0 Å². The minimum Gasteiger partial charge on any atom is -0.354 e. The third-order valence-electron chi connectivity index (χ3n) is 1.96. The predicted molar refractivity (Wildman–Crippen MR) is 52.6 cm³/mol. The molecule has 1 fully saturated rings. The van der Waals surface area contributed by atoms with E-state index in [1.165, 1.54) is 0 Å². The Balaban J connectivity index is 2.43. The Kier molecular flexibility index (Phi) is 3.71. The Labute approximate surface area is 85.6 Å². The van der Waals surface area contributed by atoms with Crippen molar-refractivity contribution >= 4 is 27.7 Å². The Morgan fingerprint density at radius 3 is 3.00 bits per heavy atom. The number of carbonyl (C=O) groups excluding carboxylic acids is 2. The molecule has 5 heteroatoms. The standard InChI is InChI=1S/C8H13BrN2O2/c1-5(9)7(12)11-6-3-2-4-10-8(6)13/h5-6H,2-4H2,1H3,(H,10,13)(H,11,12). The lowest BCUT2D eigenvalue weighted by Gasteiger charge is -2.23. The number of carbonyl (C=O) groups is 2. The lowest BCUT2D eigenvalue weighted by Crippen LogP contribution is -2.51. The molecule has 2 atom stereocenters. The highest BCUT2D eigenvalue weighted by atomic mass is 79.9. The van der Waals surface area contributed by atoms with Crippen LogP contribution in [-0.4, -0.2) is 29.2 Å². The molecule has 0 saturated carbocycles. The Morgan fingerprint density at radius 1 is 1.77 bits per heavy atom. The van der Waals surface area contributed by atoms with Gasteiger partial charge in [-0.05, 0) is 19.8 Å². The summed E-state index contributed by atoms with van der Waals surface area (Å²) in [7, 11) is 0. The number of hydrogen-bond acceptors (Lipinski definition) is 2. The lowest BCUT2D eigenvalue weighted by atomic mass is 10.1. The average Bonchev–Trinajstić information content (AvgIpc) is 2.08. The van der Waals surface area contributed by atoms with Crippen molar-refractivity contribution < 1.29 is 9.59 Å². The van der Waals surface area contributed by atoms with Gasteiger partial charge in [0.1, 0.15) is 6.04 Å². The average molecular weight is 249 g/mol. The van der Waals surface area contributed by atoms with Gasteiger partial charge in [0, 0.05) is 6.54 Å². The van der Waals surface area contributed by atoms with Crippen molar-refractivity contribution in [3.05, 3.63) is 0 Å². The van der Waals surface area contributed by atoms with Crippen LogP contribution in [0.1, 0.15) is 19.8 Å². The van der Waals surface area contributed by atoms with Gasteiger partial charge < -0.3 is 10.6 Å². The monoisotopic (exact) mass is 248 g/mol. The molecule has 0 bridgehead atoms. The summed E-state index contributed by atoms with van der Waals surface area (Å²) in [6, 6.07) is -0.346. The Hall–Kier alpha value is -0.580. The fourth-order valence-corrected chi connectivity index (χ4v) is 1.33. The molecule has 0 aliphatic carbocycles. The van der Waals surface area contributed by atoms with E-state index in [1.807, 2.05) is 0 Å². The second kappa shape index (κ2) is 4.60. The van der Waals surface area contributed by atoms with Crippen LogP contribution >= 0.6 is 15.9 Å². The number of amides is 2. The molecular weight excluding hydrogens is 236 g/mol. The zero-order valence-electron chi connectivity index (χ0n) is 7.47. The molecule has 74 valence electrons. The van der Waals surface area contributed by atoms with Gasteiger partial charge in [-0.1, -0.05) is 15.9 Å². The van der Waals surface area contributed by atoms with Gasteiger partial charge in [0.25, 0.3) is 0 Å². The molecule has 0 aromatic carbocycles. The van der Waals surface area contributed by atoms with Crippen molar-refractivity contribution in [2.45, 2.75) is 30.6 Å². The van der Waals surface area contributed by atoms with E-state index in [0.717, 1.165) is 19.4 Å². The highest BCUT2D eigenvalue weighted by Gasteiger charge is 2.24. The van der Waals surface area contributed by atoms with Gasteiger partial charge >= 0.3 is 0 Å². The molecule has 2 N–H and O–H groups in total. The third kappa shape index (κ3) is 2.99. The van der Waals surface area contributed by atoms with E-state index in [4.69, 9.17) is 0 Å². The first kappa shape index (κ1) is 10.5. The second-order valence-electron chi connectivity index (χ2n) is 3.11. The van der Waals surface area contributed by atoms with Crippen LogP contribution in [0.5, 0.6) is 0 Å². The zero-order valence-corrected chi connectivity index (χ0v) is 9.06. The van der Waals surface area contributed by atoms with Crippen LogP contribution in [0.4, 0.5) is 0 Å². The van der Waals surface area contributed by atoms with Gasteiger partial charge in [-0.15, -0.1) is 0 Å². The second-order valence-corrected chi connectivity index (χ2v) is 4.48. The van der Waals surface area contributed by atoms with Crippen molar-refractivity contribution in [2.24, 2.45) is 0 Å². The largest absolute Gasteiger partial charge is 0.354 e. The van der Waals surface area contributed by atoms with E-state index in [1.54, 1.807) is 6.92 Å². The SMILES string of the molecule is CC(Br)C(=O)NC1CCCNC1=O. The van der Waals surface area contributed by atoms with Crippen molar-refractivity contribution in [3.63, 3.8) is 0 Å². The molecule has 1 saturated heterocycles. The van der Waals surface area contributed by atoms with E-state index < -0.39 is 0 Å². The molecule has 0 spiro atoms. The van der Waals surface area contributed by atoms with Crippen LogP contribution in [-0.2, 0) is 9.59 Å². The van der Waals surface area contributed by atoms with Crippen LogP contribution < -0.4 is 10.6 Å². The lowest BCUT2D eigenvalue weighted by molar-refractivity contribution is -0.129. The molecule has 4 nitrogen and oxygen atoms in total. The molecule has 0 radical (unpaired) electrons. The van der Waals surface area contributed by atoms with Crippen molar-refractivity contribution in [3.8, 4) is 0 Å². The number of hydrogen-bond donors (Lipinski definition) is 2. The van der Waals surface area contributed by atoms with Gasteiger partial charge in [0.2, 0.25) is 11.8 Å². The summed E-state index contributed by atoms with van der Waals surface area (Å²) < 4.78 is 0. The highest BCUT2D eigenvalue weighted by Crippen LogP contribution is 2.05. The van der Waals surface area contributed by atoms with Gasteiger partial charge in [0.15, 0.2) is 0 Å². The first-order valence-electron chi connectivity index (χ1n) is 4.33. The molecule has 1 aliphatic heterocycles. The summed E-state index contributed by atoms with van der Waals surface area (Å²) in [5.41, 5.74) is 0. The van der Waals surface area contributed by atoms with Crippen LogP contribution in [0, 0.1) is 0 Å². The fraction of sp³-hybridized carbons (Fsp3) is 0.750. The predicted octanol–water partition coefficient (Wildman–Crippen LogP) is 0.165. The molecule has 1 aliphatic rings. The molecule has 1 heterocycles. The summed E-state index contributed by atoms with van der Waals surface area (Å²) >= 11 is 3.14. The van der Waals surface area contributed by atoms with Crippen LogP contribution in [0.15, 0.2) is 0 Å². The first-order chi connectivity index (χ1) is 6.11. The van der Waals surface area contributed by atoms with E-state index in [2.05, 4.69) is 26.6 Å². The molecule has 2 amide bonds. The molecule has 0 aromatic rings. The maximum absolute atomic E-state index is 11.2. The zero-order chi connectivity index (χ0) is 9.84. The molecule has 2 unspecified atom stereocenters. The summed E-state index contributed by atoms with van der Waals surface area (Å²) in [6.45, 7) is 2.45. The minimum absolute atomic E-state index is 0.0762. The number of piperidine rings is 1. The Bertz CT molecular complexity index is 218. The number of alkyl halides is 1. The van der Waals surface area contributed by atoms with E-state index in [-0.39, 0.29) is 22.7 Å². The number of nitrogens with one attached hydrogen (secondary N) is 2. The molecular formula is C8H13BrN2O2. The van der Waals surface area contributed by atoms with Gasteiger partial charge in [-0.3, -0.25) is 9.59 Å². The van der Waals surface area contributed by atoms with E-state index in [0.29, 0.717) is 0 Å². The number of halogens is 1. The van der Waals surface area contributed by atoms with Crippen LogP contribution in [0.25, 0.3) is 0 Å². The van der Waals surface area contributed by atoms with Crippen molar-refractivity contribution in [2.75, 3.05) is 6.54 Å².